The van der Waals surface area contributed by atoms with Gasteiger partial charge in [-0.3, -0.25) is 33.8 Å². The van der Waals surface area contributed by atoms with Gasteiger partial charge in [-0.05, 0) is 92.9 Å². The lowest BCUT2D eigenvalue weighted by molar-refractivity contribution is -0.164. The van der Waals surface area contributed by atoms with Crippen molar-refractivity contribution in [3.8, 4) is 11.8 Å². The van der Waals surface area contributed by atoms with Gasteiger partial charge in [-0.1, -0.05) is 44.5 Å². The number of hydrogen-bond acceptors (Lipinski definition) is 13. The Hall–Kier alpha value is -6.09. The number of imide groups is 1. The van der Waals surface area contributed by atoms with Gasteiger partial charge in [-0.2, -0.15) is 9.94 Å². The van der Waals surface area contributed by atoms with Crippen molar-refractivity contribution in [1.29, 1.82) is 5.26 Å². The first-order valence-corrected chi connectivity index (χ1v) is 24.1. The van der Waals surface area contributed by atoms with Crippen molar-refractivity contribution < 1.29 is 23.9 Å². The van der Waals surface area contributed by atoms with E-state index in [2.05, 4.69) is 64.1 Å². The van der Waals surface area contributed by atoms with Crippen LogP contribution in [0.4, 0.5) is 11.4 Å². The molecule has 1 atom stereocenters. The molecule has 9 rings (SSSR count). The molecule has 5 heterocycles. The zero-order chi connectivity index (χ0) is 48.1. The highest BCUT2D eigenvalue weighted by Crippen LogP contribution is 2.55. The van der Waals surface area contributed by atoms with Crippen molar-refractivity contribution in [3.05, 3.63) is 87.2 Å². The van der Waals surface area contributed by atoms with E-state index in [9.17, 15) is 29.2 Å². The molecule has 3 aromatic carbocycles. The maximum atomic E-state index is 13.8. The Bertz CT molecular complexity index is 2680. The molecular formula is C50H60ClN11O6. The van der Waals surface area contributed by atoms with E-state index in [0.717, 1.165) is 74.7 Å². The number of nitriles is 1. The molecule has 1 unspecified atom stereocenters. The molecule has 0 spiro atoms. The summed E-state index contributed by atoms with van der Waals surface area (Å²) in [6, 6.07) is 19.2. The van der Waals surface area contributed by atoms with E-state index in [0.29, 0.717) is 58.4 Å². The molecule has 4 saturated heterocycles. The molecule has 5 fully saturated rings. The molecule has 1 aromatic heterocycles. The topological polar surface area (TPSA) is 203 Å². The maximum Gasteiger partial charge on any atom is 0.278 e. The van der Waals surface area contributed by atoms with Crippen LogP contribution in [-0.2, 0) is 14.4 Å². The second-order valence-corrected chi connectivity index (χ2v) is 20.8. The largest absolute Gasteiger partial charge is 0.489 e. The fourth-order valence-corrected chi connectivity index (χ4v) is 11.6. The molecule has 0 radical (unpaired) electrons. The van der Waals surface area contributed by atoms with Crippen LogP contribution >= 0.6 is 11.6 Å². The number of hydrogen-bond donors (Lipinski definition) is 2. The molecule has 4 amide bonds. The number of nitrogens with zero attached hydrogens (tertiary/aromatic N) is 9. The van der Waals surface area contributed by atoms with Gasteiger partial charge in [0.2, 0.25) is 11.8 Å². The lowest BCUT2D eigenvalue weighted by Crippen LogP contribution is -2.74. The summed E-state index contributed by atoms with van der Waals surface area (Å²) in [6.07, 6.45) is 2.20. The van der Waals surface area contributed by atoms with Crippen LogP contribution in [0.1, 0.15) is 75.3 Å². The number of fused-ring (bicyclic) bond motifs is 1. The molecule has 5 aliphatic rings. The number of aromatic nitrogens is 3. The Morgan fingerprint density at radius 2 is 1.54 bits per heavy atom. The smallest absolute Gasteiger partial charge is 0.278 e. The second kappa shape index (κ2) is 18.8. The predicted molar refractivity (Wildman–Crippen MR) is 257 cm³/mol. The van der Waals surface area contributed by atoms with Gasteiger partial charge in [0.1, 0.15) is 29.5 Å². The van der Waals surface area contributed by atoms with E-state index in [-0.39, 0.29) is 66.0 Å². The highest BCUT2D eigenvalue weighted by Gasteiger charge is 2.64. The Kier molecular flexibility index (Phi) is 13.0. The number of nitrogens with two attached hydrogens (primary N) is 1. The third-order valence-corrected chi connectivity index (χ3v) is 15.6. The zero-order valence-electron chi connectivity index (χ0n) is 39.2. The van der Waals surface area contributed by atoms with E-state index in [4.69, 9.17) is 22.1 Å². The fraction of sp³-hybridized carbons (Fsp3) is 0.520. The van der Waals surface area contributed by atoms with Gasteiger partial charge in [-0.15, -0.1) is 5.10 Å². The molecule has 1 saturated carbocycles. The third kappa shape index (κ3) is 9.13. The van der Waals surface area contributed by atoms with Gasteiger partial charge in [0.15, 0.2) is 0 Å². The Balaban J connectivity index is 0.707. The second-order valence-electron chi connectivity index (χ2n) is 20.4. The number of piperidine rings is 2. The first-order chi connectivity index (χ1) is 32.5. The zero-order valence-corrected chi connectivity index (χ0v) is 40.0. The molecular weight excluding hydrogens is 886 g/mol. The van der Waals surface area contributed by atoms with Gasteiger partial charge >= 0.3 is 0 Å². The quantitative estimate of drug-likeness (QED) is 0.182. The monoisotopic (exact) mass is 945 g/mol. The van der Waals surface area contributed by atoms with Gasteiger partial charge in [0, 0.05) is 105 Å². The van der Waals surface area contributed by atoms with Gasteiger partial charge in [0.25, 0.3) is 17.4 Å². The van der Waals surface area contributed by atoms with Crippen LogP contribution in [0.2, 0.25) is 5.02 Å². The van der Waals surface area contributed by atoms with Crippen LogP contribution in [0.25, 0.3) is 10.9 Å². The minimum atomic E-state index is -0.918. The highest BCUT2D eigenvalue weighted by molar-refractivity contribution is 6.31. The molecule has 18 heteroatoms. The molecule has 17 nitrogen and oxygen atoms in total. The van der Waals surface area contributed by atoms with E-state index < -0.39 is 17.5 Å². The lowest BCUT2D eigenvalue weighted by atomic mass is 9.49. The van der Waals surface area contributed by atoms with E-state index in [1.165, 1.54) is 4.90 Å². The number of rotatable bonds is 13. The van der Waals surface area contributed by atoms with Crippen molar-refractivity contribution in [2.24, 2.45) is 28.4 Å². The average molecular weight is 947 g/mol. The van der Waals surface area contributed by atoms with Crippen molar-refractivity contribution in [3.63, 3.8) is 0 Å². The molecule has 0 bridgehead atoms. The summed E-state index contributed by atoms with van der Waals surface area (Å²) in [4.78, 5) is 76.1. The van der Waals surface area contributed by atoms with E-state index in [1.54, 1.807) is 30.3 Å². The number of nitrogens with one attached hydrogen (secondary N) is 1. The van der Waals surface area contributed by atoms with E-state index >= 15 is 0 Å². The standard InChI is InChI=1S/C50H60ClN11O6/c1-49(2)47(50(3,4)48(49)68-37-11-7-33(27-52)39(51)26-37)54-44(65)32-5-8-35(9-6-32)59-22-19-58(20-23-59)28-31-15-17-57(18-16-31)21-24-61-42(63)14-13-41(46(61)67)62-45(66)38-25-36(10-12-40(38)55-56-62)60-29-34(30-60)43(53)64/h5-12,25-26,31,34,41,47-48H,13-24,28-30H2,1-4H3,(H2,53,64)(H,54,65). The number of piperazine rings is 1. The number of benzene rings is 3. The Labute approximate surface area is 401 Å². The minimum absolute atomic E-state index is 0.118. The van der Waals surface area contributed by atoms with Crippen molar-refractivity contribution in [1.82, 2.24) is 35.0 Å². The van der Waals surface area contributed by atoms with Gasteiger partial charge in [0.05, 0.1) is 21.9 Å². The van der Waals surface area contributed by atoms with Crippen LogP contribution in [0.15, 0.2) is 65.5 Å². The SMILES string of the molecule is CC1(C)C(NC(=O)c2ccc(N3CCN(CC4CCN(CCN5C(=O)CCC(n6nnc7ccc(N8CC(C(N)=O)C8)cc7c6=O)C5=O)CC4)CC3)cc2)C(C)(C)C1Oc1ccc(C#N)c(Cl)c1. The number of halogens is 1. The Morgan fingerprint density at radius 1 is 0.853 bits per heavy atom. The number of primary amides is 1. The van der Waals surface area contributed by atoms with Crippen LogP contribution in [0.5, 0.6) is 5.75 Å². The van der Waals surface area contributed by atoms with E-state index in [1.807, 2.05) is 35.2 Å². The van der Waals surface area contributed by atoms with Crippen LogP contribution in [0, 0.1) is 34.0 Å². The summed E-state index contributed by atoms with van der Waals surface area (Å²) in [5.41, 5.74) is 7.56. The van der Waals surface area contributed by atoms with Crippen LogP contribution in [-0.4, -0.2) is 137 Å². The molecule has 3 N–H and O–H groups in total. The maximum absolute atomic E-state index is 13.8. The minimum Gasteiger partial charge on any atom is -0.489 e. The van der Waals surface area contributed by atoms with Crippen molar-refractivity contribution in [2.75, 3.05) is 81.8 Å². The first-order valence-electron chi connectivity index (χ1n) is 23.8. The molecule has 68 heavy (non-hydrogen) atoms. The van der Waals surface area contributed by atoms with Gasteiger partial charge in [-0.25, -0.2) is 0 Å². The number of likely N-dealkylation sites (tertiary alicyclic amines) is 2. The summed E-state index contributed by atoms with van der Waals surface area (Å²) in [5.74, 6) is -0.208. The number of ether oxygens (including phenoxy) is 1. The number of anilines is 2. The Morgan fingerprint density at radius 3 is 2.21 bits per heavy atom. The third-order valence-electron chi connectivity index (χ3n) is 15.3. The molecule has 4 aliphatic heterocycles. The first kappa shape index (κ1) is 47.0. The molecule has 4 aromatic rings. The predicted octanol–water partition coefficient (Wildman–Crippen LogP) is 4.07. The number of carbonyl (C=O) groups is 4. The van der Waals surface area contributed by atoms with Crippen LogP contribution < -0.4 is 31.1 Å². The van der Waals surface area contributed by atoms with Crippen molar-refractivity contribution >= 4 is 57.5 Å². The lowest BCUT2D eigenvalue weighted by Gasteiger charge is -2.63. The summed E-state index contributed by atoms with van der Waals surface area (Å²) in [5, 5.41) is 21.6. The molecule has 358 valence electrons. The normalized spacial score (nSPS) is 23.5. The fourth-order valence-electron chi connectivity index (χ4n) is 11.4. The molecule has 1 aliphatic carbocycles. The van der Waals surface area contributed by atoms with Crippen molar-refractivity contribution in [2.45, 2.75) is 71.6 Å². The summed E-state index contributed by atoms with van der Waals surface area (Å²) in [7, 11) is 0. The highest BCUT2D eigenvalue weighted by atomic mass is 35.5. The summed E-state index contributed by atoms with van der Waals surface area (Å²) in [6.45, 7) is 16.7. The summed E-state index contributed by atoms with van der Waals surface area (Å²) >= 11 is 6.27. The van der Waals surface area contributed by atoms with Crippen LogP contribution in [0.3, 0.4) is 0 Å². The number of carbonyl (C=O) groups excluding carboxylic acids is 4. The average Bonchev–Trinajstić information content (AvgIpc) is 3.30. The van der Waals surface area contributed by atoms with Gasteiger partial charge < -0.3 is 30.5 Å². The summed E-state index contributed by atoms with van der Waals surface area (Å²) < 4.78 is 7.52. The number of amides is 4.